The van der Waals surface area contributed by atoms with Gasteiger partial charge in [0.2, 0.25) is 10.0 Å². The van der Waals surface area contributed by atoms with E-state index in [0.717, 1.165) is 0 Å². The predicted molar refractivity (Wildman–Crippen MR) is 74.2 cm³/mol. The topological polar surface area (TPSA) is 92.7 Å². The van der Waals surface area contributed by atoms with E-state index in [1.807, 2.05) is 0 Å². The molecule has 20 heavy (non-hydrogen) atoms. The molecule has 0 aromatic heterocycles. The Morgan fingerprint density at radius 1 is 1.30 bits per heavy atom. The molecule has 0 saturated heterocycles. The van der Waals surface area contributed by atoms with E-state index < -0.39 is 22.0 Å². The fourth-order valence-corrected chi connectivity index (χ4v) is 3.01. The fourth-order valence-electron chi connectivity index (χ4n) is 1.62. The maximum Gasteiger partial charge on any atom is 0.304 e. The van der Waals surface area contributed by atoms with Gasteiger partial charge in [0.05, 0.1) is 18.4 Å². The number of carboxylic acid groups (broad SMARTS) is 1. The van der Waals surface area contributed by atoms with Crippen molar-refractivity contribution in [2.45, 2.75) is 31.2 Å². The molecule has 6 nitrogen and oxygen atoms in total. The van der Waals surface area contributed by atoms with Gasteiger partial charge in [-0.2, -0.15) is 0 Å². The summed E-state index contributed by atoms with van der Waals surface area (Å²) in [6.07, 6.45) is -0.257. The molecule has 0 spiro atoms. The van der Waals surface area contributed by atoms with Crippen LogP contribution in [0.3, 0.4) is 0 Å². The van der Waals surface area contributed by atoms with Crippen molar-refractivity contribution in [3.8, 4) is 5.75 Å². The van der Waals surface area contributed by atoms with Crippen molar-refractivity contribution in [2.24, 2.45) is 5.92 Å². The average Bonchev–Trinajstić information content (AvgIpc) is 2.37. The summed E-state index contributed by atoms with van der Waals surface area (Å²) < 4.78 is 31.8. The van der Waals surface area contributed by atoms with Crippen LogP contribution in [0.25, 0.3) is 0 Å². The molecular formula is C13H19NO5S. The molecule has 1 aromatic carbocycles. The molecule has 0 saturated carbocycles. The lowest BCUT2D eigenvalue weighted by atomic mass is 10.0. The van der Waals surface area contributed by atoms with E-state index in [0.29, 0.717) is 5.75 Å². The van der Waals surface area contributed by atoms with Gasteiger partial charge >= 0.3 is 5.97 Å². The van der Waals surface area contributed by atoms with E-state index in [1.54, 1.807) is 13.8 Å². The number of hydrogen-bond acceptors (Lipinski definition) is 4. The van der Waals surface area contributed by atoms with E-state index in [4.69, 9.17) is 9.84 Å². The Balaban J connectivity index is 2.93. The average molecular weight is 301 g/mol. The Kier molecular flexibility index (Phi) is 5.52. The van der Waals surface area contributed by atoms with Crippen molar-refractivity contribution in [3.63, 3.8) is 0 Å². The quantitative estimate of drug-likeness (QED) is 0.795. The smallest absolute Gasteiger partial charge is 0.304 e. The molecule has 0 heterocycles. The van der Waals surface area contributed by atoms with Gasteiger partial charge in [0.25, 0.3) is 0 Å². The molecule has 0 amide bonds. The van der Waals surface area contributed by atoms with Crippen molar-refractivity contribution in [1.82, 2.24) is 4.72 Å². The number of carbonyl (C=O) groups is 1. The SMILES string of the molecule is COc1ccc(S(=O)(=O)N[C@@H](CC(=O)O)C(C)C)cc1. The van der Waals surface area contributed by atoms with Crippen molar-refractivity contribution < 1.29 is 23.1 Å². The van der Waals surface area contributed by atoms with Gasteiger partial charge in [0.15, 0.2) is 0 Å². The van der Waals surface area contributed by atoms with Crippen molar-refractivity contribution >= 4 is 16.0 Å². The second kappa shape index (κ2) is 6.71. The molecule has 2 N–H and O–H groups in total. The van der Waals surface area contributed by atoms with Gasteiger partial charge in [-0.25, -0.2) is 13.1 Å². The fraction of sp³-hybridized carbons (Fsp3) is 0.462. The maximum absolute atomic E-state index is 12.2. The van der Waals surface area contributed by atoms with Crippen LogP contribution in [0.1, 0.15) is 20.3 Å². The van der Waals surface area contributed by atoms with Crippen LogP contribution >= 0.6 is 0 Å². The Morgan fingerprint density at radius 3 is 2.25 bits per heavy atom. The van der Waals surface area contributed by atoms with Gasteiger partial charge in [-0.3, -0.25) is 4.79 Å². The number of nitrogens with one attached hydrogen (secondary N) is 1. The lowest BCUT2D eigenvalue weighted by Crippen LogP contribution is -2.40. The summed E-state index contributed by atoms with van der Waals surface area (Å²) in [6.45, 7) is 3.54. The molecule has 0 unspecified atom stereocenters. The van der Waals surface area contributed by atoms with Gasteiger partial charge in [0.1, 0.15) is 5.75 Å². The Labute approximate surface area is 118 Å². The number of sulfonamides is 1. The number of carboxylic acids is 1. The van der Waals surface area contributed by atoms with Gasteiger partial charge < -0.3 is 9.84 Å². The molecule has 112 valence electrons. The summed E-state index contributed by atoms with van der Waals surface area (Å²) in [4.78, 5) is 10.8. The van der Waals surface area contributed by atoms with Crippen LogP contribution in [0.2, 0.25) is 0 Å². The largest absolute Gasteiger partial charge is 0.497 e. The van der Waals surface area contributed by atoms with E-state index in [9.17, 15) is 13.2 Å². The van der Waals surface area contributed by atoms with Gasteiger partial charge in [-0.05, 0) is 30.2 Å². The van der Waals surface area contributed by atoms with Gasteiger partial charge in [-0.15, -0.1) is 0 Å². The molecular weight excluding hydrogens is 282 g/mol. The molecule has 1 atom stereocenters. The van der Waals surface area contributed by atoms with Crippen molar-refractivity contribution in [3.05, 3.63) is 24.3 Å². The first-order chi connectivity index (χ1) is 9.26. The lowest BCUT2D eigenvalue weighted by Gasteiger charge is -2.20. The summed E-state index contributed by atoms with van der Waals surface area (Å²) in [7, 11) is -2.25. The molecule has 7 heteroatoms. The highest BCUT2D eigenvalue weighted by Crippen LogP contribution is 2.17. The third kappa shape index (κ3) is 4.50. The summed E-state index contributed by atoms with van der Waals surface area (Å²) in [5.41, 5.74) is 0. The Bertz CT molecular complexity index is 551. The molecule has 0 aliphatic heterocycles. The van der Waals surface area contributed by atoms with E-state index in [-0.39, 0.29) is 17.2 Å². The molecule has 0 radical (unpaired) electrons. The summed E-state index contributed by atoms with van der Waals surface area (Å²) in [5, 5.41) is 8.82. The summed E-state index contributed by atoms with van der Waals surface area (Å²) in [5.74, 6) is -0.616. The van der Waals surface area contributed by atoms with Crippen LogP contribution in [0, 0.1) is 5.92 Å². The third-order valence-corrected chi connectivity index (χ3v) is 4.38. The number of methoxy groups -OCH3 is 1. The summed E-state index contributed by atoms with van der Waals surface area (Å²) in [6, 6.07) is 5.25. The summed E-state index contributed by atoms with van der Waals surface area (Å²) >= 11 is 0. The highest BCUT2D eigenvalue weighted by molar-refractivity contribution is 7.89. The lowest BCUT2D eigenvalue weighted by molar-refractivity contribution is -0.137. The normalized spacial score (nSPS) is 13.2. The molecule has 1 rings (SSSR count). The van der Waals surface area contributed by atoms with Crippen LogP contribution in [0.15, 0.2) is 29.2 Å². The first-order valence-electron chi connectivity index (χ1n) is 6.14. The highest BCUT2D eigenvalue weighted by atomic mass is 32.2. The minimum atomic E-state index is -3.74. The second-order valence-electron chi connectivity index (χ2n) is 4.75. The van der Waals surface area contributed by atoms with Gasteiger partial charge in [-0.1, -0.05) is 13.8 Å². The zero-order valence-electron chi connectivity index (χ0n) is 11.7. The first-order valence-corrected chi connectivity index (χ1v) is 7.62. The van der Waals surface area contributed by atoms with Crippen LogP contribution in [0.5, 0.6) is 5.75 Å². The molecule has 0 aliphatic carbocycles. The Hall–Kier alpha value is -1.60. The number of rotatable bonds is 7. The molecule has 0 aliphatic rings. The molecule has 0 fully saturated rings. The van der Waals surface area contributed by atoms with Crippen LogP contribution in [-0.4, -0.2) is 32.6 Å². The van der Waals surface area contributed by atoms with Gasteiger partial charge in [0, 0.05) is 6.04 Å². The first kappa shape index (κ1) is 16.5. The maximum atomic E-state index is 12.2. The minimum Gasteiger partial charge on any atom is -0.497 e. The second-order valence-corrected chi connectivity index (χ2v) is 6.46. The van der Waals surface area contributed by atoms with Crippen LogP contribution in [-0.2, 0) is 14.8 Å². The van der Waals surface area contributed by atoms with Crippen molar-refractivity contribution in [1.29, 1.82) is 0 Å². The van der Waals surface area contributed by atoms with E-state index in [1.165, 1.54) is 31.4 Å². The number of aliphatic carboxylic acids is 1. The highest BCUT2D eigenvalue weighted by Gasteiger charge is 2.24. The number of benzene rings is 1. The predicted octanol–water partition coefficient (Wildman–Crippen LogP) is 1.47. The zero-order chi connectivity index (χ0) is 15.3. The van der Waals surface area contributed by atoms with E-state index in [2.05, 4.69) is 4.72 Å². The Morgan fingerprint density at radius 2 is 1.85 bits per heavy atom. The molecule has 0 bridgehead atoms. The number of ether oxygens (including phenoxy) is 1. The molecule has 1 aromatic rings. The monoisotopic (exact) mass is 301 g/mol. The zero-order valence-corrected chi connectivity index (χ0v) is 12.5. The minimum absolute atomic E-state index is 0.0781. The standard InChI is InChI=1S/C13H19NO5S/c1-9(2)12(8-13(15)16)14-20(17,18)11-6-4-10(19-3)5-7-11/h4-7,9,12,14H,8H2,1-3H3,(H,15,16)/t12-/m0/s1. The van der Waals surface area contributed by atoms with Crippen LogP contribution < -0.4 is 9.46 Å². The van der Waals surface area contributed by atoms with E-state index >= 15 is 0 Å². The van der Waals surface area contributed by atoms with Crippen LogP contribution in [0.4, 0.5) is 0 Å². The number of hydrogen-bond donors (Lipinski definition) is 2. The van der Waals surface area contributed by atoms with Crippen molar-refractivity contribution in [2.75, 3.05) is 7.11 Å². The third-order valence-electron chi connectivity index (χ3n) is 2.88.